The maximum atomic E-state index is 12.3. The number of hydrogen-bond donors (Lipinski definition) is 1. The Morgan fingerprint density at radius 1 is 1.18 bits per heavy atom. The van der Waals surface area contributed by atoms with Crippen molar-refractivity contribution >= 4 is 17.1 Å². The Hall–Kier alpha value is -2.92. The Balaban J connectivity index is 0.00000129. The quantitative estimate of drug-likeness (QED) is 0.734. The number of nitrogens with one attached hydrogen (secondary N) is 1. The molecule has 182 valence electrons. The number of carbonyl (C=O) groups is 1. The van der Waals surface area contributed by atoms with Crippen LogP contribution < -0.4 is 10.9 Å². The summed E-state index contributed by atoms with van der Waals surface area (Å²) in [5.74, 6) is 0. The molecule has 8 nitrogen and oxygen atoms in total. The molecule has 0 aliphatic carbocycles. The molecule has 2 heterocycles. The van der Waals surface area contributed by atoms with Crippen LogP contribution in [0.15, 0.2) is 29.2 Å². The minimum absolute atomic E-state index is 0.101. The Labute approximate surface area is 197 Å². The summed E-state index contributed by atoms with van der Waals surface area (Å²) in [5.41, 5.74) is 1.21. The van der Waals surface area contributed by atoms with Crippen LogP contribution in [0.2, 0.25) is 0 Å². The van der Waals surface area contributed by atoms with Crippen LogP contribution in [0.4, 0.5) is 4.79 Å². The average Bonchev–Trinajstić information content (AvgIpc) is 2.80. The molecule has 0 saturated carbocycles. The van der Waals surface area contributed by atoms with E-state index in [-0.39, 0.29) is 17.7 Å². The van der Waals surface area contributed by atoms with Gasteiger partial charge in [-0.05, 0) is 51.8 Å². The maximum Gasteiger partial charge on any atom is 0.407 e. The molecule has 1 aliphatic heterocycles. The largest absolute Gasteiger partial charge is 0.444 e. The van der Waals surface area contributed by atoms with Gasteiger partial charge in [0.05, 0.1) is 28.9 Å². The summed E-state index contributed by atoms with van der Waals surface area (Å²) in [6.45, 7) is 16.5. The van der Waals surface area contributed by atoms with Gasteiger partial charge in [-0.1, -0.05) is 27.7 Å². The zero-order valence-electron chi connectivity index (χ0n) is 21.1. The summed E-state index contributed by atoms with van der Waals surface area (Å²) in [6.07, 6.45) is 2.62. The van der Waals surface area contributed by atoms with Crippen LogP contribution in [-0.2, 0) is 11.3 Å². The van der Waals surface area contributed by atoms with Crippen LogP contribution in [0.5, 0.6) is 0 Å². The lowest BCUT2D eigenvalue weighted by atomic mass is 10.1. The van der Waals surface area contributed by atoms with Crippen molar-refractivity contribution in [2.45, 2.75) is 79.5 Å². The number of hydrogen-bond acceptors (Lipinski definition) is 6. The van der Waals surface area contributed by atoms with Crippen LogP contribution in [0, 0.1) is 11.3 Å². The van der Waals surface area contributed by atoms with Crippen LogP contribution in [0.1, 0.15) is 66.9 Å². The third-order valence-corrected chi connectivity index (χ3v) is 4.92. The number of ether oxygens (including phenoxy) is 1. The van der Waals surface area contributed by atoms with Crippen molar-refractivity contribution in [1.82, 2.24) is 19.8 Å². The van der Waals surface area contributed by atoms with Gasteiger partial charge in [0.1, 0.15) is 5.60 Å². The third kappa shape index (κ3) is 8.85. The van der Waals surface area contributed by atoms with E-state index in [9.17, 15) is 9.59 Å². The van der Waals surface area contributed by atoms with Gasteiger partial charge >= 0.3 is 6.09 Å². The number of aromatic nitrogens is 2. The Bertz CT molecular complexity index is 980. The Morgan fingerprint density at radius 2 is 1.82 bits per heavy atom. The highest BCUT2D eigenvalue weighted by atomic mass is 16.6. The summed E-state index contributed by atoms with van der Waals surface area (Å²) in [5, 5.41) is 12.1. The molecule has 2 aromatic rings. The molecule has 0 atom stereocenters. The molecule has 1 aliphatic rings. The van der Waals surface area contributed by atoms with Crippen molar-refractivity contribution in [1.29, 1.82) is 5.26 Å². The van der Waals surface area contributed by atoms with Crippen molar-refractivity contribution in [3.63, 3.8) is 0 Å². The second kappa shape index (κ2) is 13.6. The van der Waals surface area contributed by atoms with E-state index in [1.807, 2.05) is 48.5 Å². The fraction of sp³-hybridized carbons (Fsp3) is 0.600. The van der Waals surface area contributed by atoms with Crippen molar-refractivity contribution in [2.24, 2.45) is 0 Å². The second-order valence-corrected chi connectivity index (χ2v) is 8.33. The highest BCUT2D eigenvalue weighted by Gasteiger charge is 2.23. The molecule has 1 fully saturated rings. The van der Waals surface area contributed by atoms with Gasteiger partial charge in [0.15, 0.2) is 0 Å². The van der Waals surface area contributed by atoms with E-state index in [4.69, 9.17) is 10.00 Å². The van der Waals surface area contributed by atoms with E-state index in [1.54, 1.807) is 22.8 Å². The summed E-state index contributed by atoms with van der Waals surface area (Å²) in [6, 6.07) is 7.38. The number of piperidine rings is 1. The number of amides is 1. The molecule has 0 bridgehead atoms. The van der Waals surface area contributed by atoms with Crippen LogP contribution >= 0.6 is 0 Å². The molecular weight excluding hydrogens is 418 g/mol. The first-order valence-corrected chi connectivity index (χ1v) is 11.9. The molecule has 1 saturated heterocycles. The van der Waals surface area contributed by atoms with Crippen LogP contribution in [0.3, 0.4) is 0 Å². The number of carbonyl (C=O) groups excluding carboxylic acids is 1. The van der Waals surface area contributed by atoms with Gasteiger partial charge in [0.2, 0.25) is 0 Å². The van der Waals surface area contributed by atoms with Crippen molar-refractivity contribution < 1.29 is 9.53 Å². The molecule has 0 radical (unpaired) electrons. The molecule has 1 aromatic heterocycles. The number of nitriles is 1. The van der Waals surface area contributed by atoms with Crippen molar-refractivity contribution in [3.05, 3.63) is 40.3 Å². The molecule has 1 N–H and O–H groups in total. The molecular formula is C25H39N5O3. The monoisotopic (exact) mass is 457 g/mol. The van der Waals surface area contributed by atoms with E-state index < -0.39 is 5.60 Å². The molecule has 0 unspecified atom stereocenters. The molecule has 8 heteroatoms. The van der Waals surface area contributed by atoms with Crippen LogP contribution in [0.25, 0.3) is 11.0 Å². The van der Waals surface area contributed by atoms with E-state index in [0.29, 0.717) is 23.1 Å². The standard InChI is InChI=1S/C21H27N5O3.2C2H6/c1-21(2,3)29-20(28)24-16-6-8-25(9-7-16)10-11-26-18-12-15(13-22)4-5-17(18)23-14-19(26)27;2*1-2/h4-5,12,14,16H,6-11H2,1-3H3,(H,24,28);2*1-2H3. The third-order valence-electron chi connectivity index (χ3n) is 4.92. The summed E-state index contributed by atoms with van der Waals surface area (Å²) >= 11 is 0. The number of benzene rings is 1. The SMILES string of the molecule is CC.CC.CC(C)(C)OC(=O)NC1CCN(CCn2c(=O)cnc3ccc(C#N)cc32)CC1. The Kier molecular flexibility index (Phi) is 11.6. The lowest BCUT2D eigenvalue weighted by Gasteiger charge is -2.33. The fourth-order valence-electron chi connectivity index (χ4n) is 3.48. The van der Waals surface area contributed by atoms with Gasteiger partial charge in [0, 0.05) is 32.2 Å². The van der Waals surface area contributed by atoms with Gasteiger partial charge in [0.25, 0.3) is 5.56 Å². The number of fused-ring (bicyclic) bond motifs is 1. The maximum absolute atomic E-state index is 12.3. The lowest BCUT2D eigenvalue weighted by molar-refractivity contribution is 0.0478. The number of nitrogens with zero attached hydrogens (tertiary/aromatic N) is 4. The highest BCUT2D eigenvalue weighted by Crippen LogP contribution is 2.14. The summed E-state index contributed by atoms with van der Waals surface area (Å²) in [7, 11) is 0. The minimum Gasteiger partial charge on any atom is -0.444 e. The minimum atomic E-state index is -0.503. The second-order valence-electron chi connectivity index (χ2n) is 8.33. The zero-order valence-corrected chi connectivity index (χ0v) is 21.1. The van der Waals surface area contributed by atoms with E-state index >= 15 is 0 Å². The Morgan fingerprint density at radius 3 is 2.39 bits per heavy atom. The van der Waals surface area contributed by atoms with Crippen molar-refractivity contribution in [3.8, 4) is 6.07 Å². The molecule has 1 amide bonds. The molecule has 0 spiro atoms. The highest BCUT2D eigenvalue weighted by molar-refractivity contribution is 5.76. The smallest absolute Gasteiger partial charge is 0.407 e. The first-order chi connectivity index (χ1) is 15.7. The average molecular weight is 458 g/mol. The number of likely N-dealkylation sites (tertiary alicyclic amines) is 1. The van der Waals surface area contributed by atoms with Gasteiger partial charge in [-0.25, -0.2) is 9.78 Å². The summed E-state index contributed by atoms with van der Waals surface area (Å²) in [4.78, 5) is 30.7. The van der Waals surface area contributed by atoms with E-state index in [1.165, 1.54) is 6.20 Å². The normalized spacial score (nSPS) is 14.2. The van der Waals surface area contributed by atoms with E-state index in [0.717, 1.165) is 32.5 Å². The van der Waals surface area contributed by atoms with Gasteiger partial charge < -0.3 is 19.5 Å². The van der Waals surface area contributed by atoms with E-state index in [2.05, 4.69) is 21.3 Å². The predicted octanol–water partition coefficient (Wildman–Crippen LogP) is 4.31. The van der Waals surface area contributed by atoms with Crippen LogP contribution in [-0.4, -0.2) is 51.8 Å². The van der Waals surface area contributed by atoms with Crippen molar-refractivity contribution in [2.75, 3.05) is 19.6 Å². The molecule has 1 aromatic carbocycles. The first-order valence-electron chi connectivity index (χ1n) is 11.9. The first kappa shape index (κ1) is 28.1. The number of rotatable bonds is 4. The van der Waals surface area contributed by atoms with Gasteiger partial charge in [-0.15, -0.1) is 0 Å². The summed E-state index contributed by atoms with van der Waals surface area (Å²) < 4.78 is 6.99. The fourth-order valence-corrected chi connectivity index (χ4v) is 3.48. The topological polar surface area (TPSA) is 100 Å². The molecule has 3 rings (SSSR count). The van der Waals surface area contributed by atoms with Gasteiger partial charge in [-0.2, -0.15) is 5.26 Å². The zero-order chi connectivity index (χ0) is 25.0. The lowest BCUT2D eigenvalue weighted by Crippen LogP contribution is -2.46. The molecule has 33 heavy (non-hydrogen) atoms. The predicted molar refractivity (Wildman–Crippen MR) is 132 cm³/mol. The van der Waals surface area contributed by atoms with Gasteiger partial charge in [-0.3, -0.25) is 4.79 Å². The number of alkyl carbamates (subject to hydrolysis) is 1.